The topological polar surface area (TPSA) is 55.8 Å². The Balaban J connectivity index is 1.68. The van der Waals surface area contributed by atoms with Gasteiger partial charge in [0.2, 0.25) is 10.0 Å². The number of para-hydroxylation sites is 1. The van der Waals surface area contributed by atoms with Crippen LogP contribution in [-0.2, 0) is 15.4 Å². The smallest absolute Gasteiger partial charge is 0.246 e. The molecule has 6 heteroatoms. The number of hydrogen-bond donors (Lipinski definition) is 0. The van der Waals surface area contributed by atoms with Crippen molar-refractivity contribution >= 4 is 10.0 Å². The highest BCUT2D eigenvalue weighted by Crippen LogP contribution is 2.64. The Kier molecular flexibility index (Phi) is 3.71. The second-order valence-corrected chi connectivity index (χ2v) is 9.69. The molecule has 146 valence electrons. The summed E-state index contributed by atoms with van der Waals surface area (Å²) in [4.78, 5) is 0.310. The number of rotatable bonds is 3. The van der Waals surface area contributed by atoms with Gasteiger partial charge in [-0.25, -0.2) is 8.42 Å². The number of methoxy groups -OCH3 is 1. The van der Waals surface area contributed by atoms with Crippen molar-refractivity contribution in [1.82, 2.24) is 4.31 Å². The molecule has 5 nitrogen and oxygen atoms in total. The Morgan fingerprint density at radius 2 is 1.82 bits per heavy atom. The minimum atomic E-state index is -3.70. The fourth-order valence-electron chi connectivity index (χ4n) is 5.12. The third kappa shape index (κ3) is 2.07. The highest BCUT2D eigenvalue weighted by molar-refractivity contribution is 7.89. The predicted molar refractivity (Wildman–Crippen MR) is 106 cm³/mol. The average Bonchev–Trinajstić information content (AvgIpc) is 3.19. The molecular weight excluding hydrogens is 374 g/mol. The van der Waals surface area contributed by atoms with Gasteiger partial charge in [0, 0.05) is 18.5 Å². The fraction of sp³-hybridized carbons (Fsp3) is 0.364. The molecule has 0 saturated carbocycles. The zero-order valence-corrected chi connectivity index (χ0v) is 16.8. The van der Waals surface area contributed by atoms with Crippen molar-refractivity contribution in [2.75, 3.05) is 13.7 Å². The van der Waals surface area contributed by atoms with Crippen LogP contribution < -0.4 is 9.47 Å². The summed E-state index contributed by atoms with van der Waals surface area (Å²) >= 11 is 0. The largest absolute Gasteiger partial charge is 0.493 e. The molecule has 2 aromatic rings. The van der Waals surface area contributed by atoms with Crippen LogP contribution in [0.3, 0.4) is 0 Å². The third-order valence-electron chi connectivity index (χ3n) is 6.51. The van der Waals surface area contributed by atoms with Crippen molar-refractivity contribution in [3.63, 3.8) is 0 Å². The zero-order valence-electron chi connectivity index (χ0n) is 16.0. The zero-order chi connectivity index (χ0) is 19.6. The molecule has 2 atom stereocenters. The van der Waals surface area contributed by atoms with Crippen LogP contribution in [0.5, 0.6) is 11.5 Å². The molecule has 1 fully saturated rings. The molecule has 0 N–H and O–H groups in total. The fourth-order valence-corrected chi connectivity index (χ4v) is 6.86. The molecule has 28 heavy (non-hydrogen) atoms. The Bertz CT molecular complexity index is 1080. The van der Waals surface area contributed by atoms with Crippen LogP contribution >= 0.6 is 0 Å². The van der Waals surface area contributed by atoms with Gasteiger partial charge in [0.05, 0.1) is 17.4 Å². The maximum Gasteiger partial charge on any atom is 0.246 e. The van der Waals surface area contributed by atoms with Crippen LogP contribution in [0.4, 0.5) is 0 Å². The monoisotopic (exact) mass is 397 g/mol. The standard InChI is InChI=1S/C22H23NO4S/c1-16-8-10-17(11-9-16)28(24,25)23-15-14-21-12-3-4-13-22(21,23)27-20-18(21)6-5-7-19(20)26-2/h3-11H,12-15H2,1-2H3/t21-,22+/m0/s1. The summed E-state index contributed by atoms with van der Waals surface area (Å²) in [5, 5.41) is 0. The third-order valence-corrected chi connectivity index (χ3v) is 8.44. The quantitative estimate of drug-likeness (QED) is 0.740. The summed E-state index contributed by atoms with van der Waals surface area (Å²) in [6.45, 7) is 2.39. The molecular formula is C22H23NO4S. The van der Waals surface area contributed by atoms with E-state index < -0.39 is 15.7 Å². The predicted octanol–water partition coefficient (Wildman–Crippen LogP) is 3.77. The number of aryl methyl sites for hydroxylation is 1. The number of benzene rings is 2. The summed E-state index contributed by atoms with van der Waals surface area (Å²) < 4.78 is 40.9. The van der Waals surface area contributed by atoms with Crippen LogP contribution in [-0.4, -0.2) is 32.1 Å². The van der Waals surface area contributed by atoms with E-state index in [1.54, 1.807) is 23.5 Å². The molecule has 1 aliphatic carbocycles. The Hall–Kier alpha value is -2.31. The van der Waals surface area contributed by atoms with Crippen LogP contribution in [0.25, 0.3) is 0 Å². The van der Waals surface area contributed by atoms with Crippen molar-refractivity contribution in [3.8, 4) is 11.5 Å². The van der Waals surface area contributed by atoms with E-state index in [4.69, 9.17) is 9.47 Å². The SMILES string of the molecule is COc1cccc2c1O[C@]13CC=CC[C@]21CCN3S(=O)(=O)c1ccc(C)cc1. The van der Waals surface area contributed by atoms with Gasteiger partial charge in [-0.15, -0.1) is 0 Å². The molecule has 0 bridgehead atoms. The number of hydrogen-bond acceptors (Lipinski definition) is 4. The number of fused-ring (bicyclic) bond motifs is 1. The maximum atomic E-state index is 13.6. The van der Waals surface area contributed by atoms with E-state index in [0.717, 1.165) is 24.0 Å². The van der Waals surface area contributed by atoms with Crippen LogP contribution in [0.15, 0.2) is 59.5 Å². The minimum Gasteiger partial charge on any atom is -0.493 e. The first-order valence-electron chi connectivity index (χ1n) is 9.56. The molecule has 2 aliphatic heterocycles. The Morgan fingerprint density at radius 1 is 1.07 bits per heavy atom. The van der Waals surface area contributed by atoms with E-state index >= 15 is 0 Å². The molecule has 0 spiro atoms. The molecule has 0 unspecified atom stereocenters. The lowest BCUT2D eigenvalue weighted by molar-refractivity contribution is -0.0388. The van der Waals surface area contributed by atoms with Gasteiger partial charge in [-0.1, -0.05) is 42.0 Å². The van der Waals surface area contributed by atoms with Gasteiger partial charge in [-0.3, -0.25) is 0 Å². The van der Waals surface area contributed by atoms with Gasteiger partial charge in [0.1, 0.15) is 0 Å². The lowest BCUT2D eigenvalue weighted by Gasteiger charge is -2.44. The van der Waals surface area contributed by atoms with E-state index in [9.17, 15) is 8.42 Å². The second-order valence-electron chi connectivity index (χ2n) is 7.83. The van der Waals surface area contributed by atoms with E-state index in [1.807, 2.05) is 37.3 Å². The van der Waals surface area contributed by atoms with E-state index in [1.165, 1.54) is 0 Å². The molecule has 0 radical (unpaired) electrons. The lowest BCUT2D eigenvalue weighted by atomic mass is 9.67. The maximum absolute atomic E-state index is 13.6. The minimum absolute atomic E-state index is 0.310. The van der Waals surface area contributed by atoms with E-state index in [-0.39, 0.29) is 5.41 Å². The van der Waals surface area contributed by atoms with Crippen LogP contribution in [0, 0.1) is 6.92 Å². The average molecular weight is 397 g/mol. The first kappa shape index (κ1) is 17.8. The molecule has 3 aliphatic rings. The first-order chi connectivity index (χ1) is 13.4. The van der Waals surface area contributed by atoms with Gasteiger partial charge in [0.15, 0.2) is 17.2 Å². The Morgan fingerprint density at radius 3 is 2.57 bits per heavy atom. The van der Waals surface area contributed by atoms with Gasteiger partial charge in [-0.05, 0) is 38.0 Å². The normalized spacial score (nSPS) is 28.4. The molecule has 0 amide bonds. The molecule has 2 aromatic carbocycles. The summed E-state index contributed by atoms with van der Waals surface area (Å²) in [6, 6.07) is 12.9. The van der Waals surface area contributed by atoms with Gasteiger partial charge < -0.3 is 9.47 Å². The molecule has 0 aromatic heterocycles. The summed E-state index contributed by atoms with van der Waals surface area (Å²) in [5.41, 5.74) is 0.756. The second kappa shape index (κ2) is 5.84. The van der Waals surface area contributed by atoms with E-state index in [0.29, 0.717) is 29.4 Å². The van der Waals surface area contributed by atoms with Gasteiger partial charge >= 0.3 is 0 Å². The number of allylic oxidation sites excluding steroid dienone is 1. The highest BCUT2D eigenvalue weighted by atomic mass is 32.2. The van der Waals surface area contributed by atoms with Gasteiger partial charge in [0.25, 0.3) is 0 Å². The summed E-state index contributed by atoms with van der Waals surface area (Å²) in [7, 11) is -2.08. The van der Waals surface area contributed by atoms with Crippen molar-refractivity contribution in [3.05, 3.63) is 65.7 Å². The van der Waals surface area contributed by atoms with Crippen LogP contribution in [0.1, 0.15) is 30.4 Å². The number of ether oxygens (including phenoxy) is 2. The molecule has 2 heterocycles. The first-order valence-corrected chi connectivity index (χ1v) is 11.0. The molecule has 5 rings (SSSR count). The highest BCUT2D eigenvalue weighted by Gasteiger charge is 2.69. The van der Waals surface area contributed by atoms with Gasteiger partial charge in [-0.2, -0.15) is 4.31 Å². The molecule has 1 saturated heterocycles. The number of nitrogens with zero attached hydrogens (tertiary/aromatic N) is 1. The lowest BCUT2D eigenvalue weighted by Crippen LogP contribution is -2.59. The summed E-state index contributed by atoms with van der Waals surface area (Å²) in [6.07, 6.45) is 6.20. The Labute approximate surface area is 165 Å². The van der Waals surface area contributed by atoms with E-state index in [2.05, 4.69) is 12.1 Å². The van der Waals surface area contributed by atoms with Crippen molar-refractivity contribution in [2.45, 2.75) is 42.2 Å². The van der Waals surface area contributed by atoms with Crippen molar-refractivity contribution in [2.24, 2.45) is 0 Å². The number of sulfonamides is 1. The van der Waals surface area contributed by atoms with Crippen molar-refractivity contribution in [1.29, 1.82) is 0 Å². The van der Waals surface area contributed by atoms with Crippen LogP contribution in [0.2, 0.25) is 0 Å². The van der Waals surface area contributed by atoms with Crippen molar-refractivity contribution < 1.29 is 17.9 Å². The summed E-state index contributed by atoms with van der Waals surface area (Å²) in [5.74, 6) is 1.33.